The molecule has 0 radical (unpaired) electrons. The Labute approximate surface area is 189 Å². The first-order valence-electron chi connectivity index (χ1n) is 9.86. The van der Waals surface area contributed by atoms with Crippen LogP contribution in [0.2, 0.25) is 5.02 Å². The first-order valence-corrected chi connectivity index (χ1v) is 11.2. The van der Waals surface area contributed by atoms with Gasteiger partial charge in [0.05, 0.1) is 5.75 Å². The molecule has 4 rings (SSSR count). The van der Waals surface area contributed by atoms with Gasteiger partial charge in [0.15, 0.2) is 22.6 Å². The highest BCUT2D eigenvalue weighted by Gasteiger charge is 2.20. The maximum absolute atomic E-state index is 13.0. The molecule has 160 valence electrons. The van der Waals surface area contributed by atoms with Gasteiger partial charge in [-0.2, -0.15) is 0 Å². The van der Waals surface area contributed by atoms with Crippen molar-refractivity contribution in [3.63, 3.8) is 0 Å². The van der Waals surface area contributed by atoms with E-state index in [1.807, 2.05) is 73.2 Å². The van der Waals surface area contributed by atoms with Crippen molar-refractivity contribution < 1.29 is 9.32 Å². The summed E-state index contributed by atoms with van der Waals surface area (Å²) < 4.78 is 9.12. The Hall–Kier alpha value is -2.84. The van der Waals surface area contributed by atoms with Gasteiger partial charge in [0.25, 0.3) is 0 Å². The van der Waals surface area contributed by atoms with E-state index in [9.17, 15) is 4.79 Å². The predicted molar refractivity (Wildman–Crippen MR) is 121 cm³/mol. The number of halogens is 1. The summed E-state index contributed by atoms with van der Waals surface area (Å²) in [5.41, 5.74) is 3.38. The Bertz CT molecular complexity index is 1240. The Morgan fingerprint density at radius 3 is 2.52 bits per heavy atom. The standard InChI is InChI=1S/C22H22ClN5O2S/c1-5-27-21(16-6-8-17(23)9-7-16)24-25-22(27)31-12-19(29)18-10-13(2)28(15(18)4)20-11-14(3)30-26-20/h6-11H,5,12H2,1-4H3. The van der Waals surface area contributed by atoms with Gasteiger partial charge in [-0.05, 0) is 58.0 Å². The number of nitrogens with zero attached hydrogens (tertiary/aromatic N) is 5. The van der Waals surface area contributed by atoms with Crippen molar-refractivity contribution in [1.82, 2.24) is 24.5 Å². The van der Waals surface area contributed by atoms with E-state index in [1.54, 1.807) is 0 Å². The molecule has 0 N–H and O–H groups in total. The number of carbonyl (C=O) groups excluding carboxylic acids is 1. The fourth-order valence-corrected chi connectivity index (χ4v) is 4.57. The molecular weight excluding hydrogens is 434 g/mol. The fourth-order valence-electron chi connectivity index (χ4n) is 3.56. The number of hydrogen-bond donors (Lipinski definition) is 0. The minimum atomic E-state index is 0.0308. The van der Waals surface area contributed by atoms with Crippen LogP contribution in [0.1, 0.15) is 34.4 Å². The molecule has 7 nitrogen and oxygen atoms in total. The minimum absolute atomic E-state index is 0.0308. The van der Waals surface area contributed by atoms with Crippen LogP contribution in [0.25, 0.3) is 17.2 Å². The highest BCUT2D eigenvalue weighted by Crippen LogP contribution is 2.27. The van der Waals surface area contributed by atoms with Crippen molar-refractivity contribution in [3.8, 4) is 17.2 Å². The molecule has 4 aromatic rings. The molecule has 0 spiro atoms. The molecular formula is C22H22ClN5O2S. The number of carbonyl (C=O) groups is 1. The van der Waals surface area contributed by atoms with Gasteiger partial charge in [-0.1, -0.05) is 28.5 Å². The summed E-state index contributed by atoms with van der Waals surface area (Å²) in [6.45, 7) is 8.44. The second-order valence-corrected chi connectivity index (χ2v) is 8.56. The van der Waals surface area contributed by atoms with Crippen LogP contribution in [0, 0.1) is 20.8 Å². The molecule has 0 fully saturated rings. The van der Waals surface area contributed by atoms with E-state index in [2.05, 4.69) is 15.4 Å². The predicted octanol–water partition coefficient (Wildman–Crippen LogP) is 5.30. The zero-order valence-corrected chi connectivity index (χ0v) is 19.3. The van der Waals surface area contributed by atoms with Crippen molar-refractivity contribution in [3.05, 3.63) is 64.1 Å². The molecule has 0 amide bonds. The van der Waals surface area contributed by atoms with E-state index < -0.39 is 0 Å². The first-order chi connectivity index (χ1) is 14.9. The van der Waals surface area contributed by atoms with Crippen molar-refractivity contribution >= 4 is 29.1 Å². The van der Waals surface area contributed by atoms with Crippen LogP contribution in [0.15, 0.2) is 46.1 Å². The van der Waals surface area contributed by atoms with Crippen LogP contribution >= 0.6 is 23.4 Å². The number of aryl methyl sites for hydroxylation is 2. The summed E-state index contributed by atoms with van der Waals surface area (Å²) in [7, 11) is 0. The lowest BCUT2D eigenvalue weighted by Gasteiger charge is -2.07. The summed E-state index contributed by atoms with van der Waals surface area (Å²) in [6, 6.07) is 11.2. The van der Waals surface area contributed by atoms with Crippen LogP contribution in [-0.4, -0.2) is 36.0 Å². The first kappa shape index (κ1) is 21.4. The number of ketones is 1. The Balaban J connectivity index is 1.54. The van der Waals surface area contributed by atoms with Crippen molar-refractivity contribution in [2.24, 2.45) is 0 Å². The molecule has 31 heavy (non-hydrogen) atoms. The lowest BCUT2D eigenvalue weighted by Crippen LogP contribution is -2.07. The molecule has 0 aliphatic rings. The van der Waals surface area contributed by atoms with Gasteiger partial charge >= 0.3 is 0 Å². The molecule has 0 atom stereocenters. The number of Topliss-reactive ketones (excluding diaryl/α,β-unsaturated/α-hetero) is 1. The molecule has 0 saturated carbocycles. The van der Waals surface area contributed by atoms with Crippen molar-refractivity contribution in [1.29, 1.82) is 0 Å². The maximum atomic E-state index is 13.0. The topological polar surface area (TPSA) is 78.7 Å². The molecule has 0 bridgehead atoms. The monoisotopic (exact) mass is 455 g/mol. The molecule has 0 aliphatic heterocycles. The van der Waals surface area contributed by atoms with Crippen LogP contribution < -0.4 is 0 Å². The summed E-state index contributed by atoms with van der Waals surface area (Å²) in [4.78, 5) is 13.0. The Kier molecular flexibility index (Phi) is 6.02. The zero-order chi connectivity index (χ0) is 22.1. The molecule has 9 heteroatoms. The lowest BCUT2D eigenvalue weighted by atomic mass is 10.2. The van der Waals surface area contributed by atoms with E-state index in [-0.39, 0.29) is 11.5 Å². The normalized spacial score (nSPS) is 11.3. The van der Waals surface area contributed by atoms with Crippen LogP contribution in [0.3, 0.4) is 0 Å². The smallest absolute Gasteiger partial charge is 0.191 e. The van der Waals surface area contributed by atoms with Gasteiger partial charge in [0, 0.05) is 40.1 Å². The lowest BCUT2D eigenvalue weighted by molar-refractivity contribution is 0.102. The average molecular weight is 456 g/mol. The second-order valence-electron chi connectivity index (χ2n) is 7.19. The quantitative estimate of drug-likeness (QED) is 0.278. The Morgan fingerprint density at radius 1 is 1.13 bits per heavy atom. The molecule has 0 unspecified atom stereocenters. The zero-order valence-electron chi connectivity index (χ0n) is 17.7. The maximum Gasteiger partial charge on any atom is 0.191 e. The van der Waals surface area contributed by atoms with Gasteiger partial charge in [-0.25, -0.2) is 0 Å². The van der Waals surface area contributed by atoms with E-state index in [1.165, 1.54) is 11.8 Å². The van der Waals surface area contributed by atoms with Crippen molar-refractivity contribution in [2.75, 3.05) is 5.75 Å². The third-order valence-corrected chi connectivity index (χ3v) is 6.26. The van der Waals surface area contributed by atoms with Crippen LogP contribution in [0.5, 0.6) is 0 Å². The van der Waals surface area contributed by atoms with Gasteiger partial charge in [-0.3, -0.25) is 9.36 Å². The average Bonchev–Trinajstić information content (AvgIpc) is 3.43. The largest absolute Gasteiger partial charge is 0.360 e. The van der Waals surface area contributed by atoms with Crippen molar-refractivity contribution in [2.45, 2.75) is 39.4 Å². The summed E-state index contributed by atoms with van der Waals surface area (Å²) in [5, 5.41) is 14.1. The van der Waals surface area contributed by atoms with Gasteiger partial charge in [0.2, 0.25) is 0 Å². The third kappa shape index (κ3) is 4.18. The second kappa shape index (κ2) is 8.72. The van der Waals surface area contributed by atoms with E-state index in [0.29, 0.717) is 28.1 Å². The summed E-state index contributed by atoms with van der Waals surface area (Å²) in [6.07, 6.45) is 0. The molecule has 3 heterocycles. The van der Waals surface area contributed by atoms with Gasteiger partial charge < -0.3 is 9.09 Å². The van der Waals surface area contributed by atoms with Gasteiger partial charge in [-0.15, -0.1) is 10.2 Å². The fraction of sp³-hybridized carbons (Fsp3) is 0.273. The highest BCUT2D eigenvalue weighted by atomic mass is 35.5. The number of hydrogen-bond acceptors (Lipinski definition) is 6. The van der Waals surface area contributed by atoms with E-state index in [0.717, 1.165) is 28.5 Å². The number of benzene rings is 1. The van der Waals surface area contributed by atoms with Crippen LogP contribution in [-0.2, 0) is 6.54 Å². The molecule has 0 saturated heterocycles. The molecule has 0 aliphatic carbocycles. The van der Waals surface area contributed by atoms with E-state index in [4.69, 9.17) is 16.1 Å². The van der Waals surface area contributed by atoms with Crippen LogP contribution in [0.4, 0.5) is 0 Å². The van der Waals surface area contributed by atoms with Gasteiger partial charge in [0.1, 0.15) is 5.76 Å². The number of rotatable bonds is 7. The Morgan fingerprint density at radius 2 is 1.87 bits per heavy atom. The SMILES string of the molecule is CCn1c(SCC(=O)c2cc(C)n(-c3cc(C)on3)c2C)nnc1-c1ccc(Cl)cc1. The molecule has 1 aromatic carbocycles. The number of thioether (sulfide) groups is 1. The highest BCUT2D eigenvalue weighted by molar-refractivity contribution is 7.99. The summed E-state index contributed by atoms with van der Waals surface area (Å²) >= 11 is 7.38. The number of aromatic nitrogens is 5. The summed E-state index contributed by atoms with van der Waals surface area (Å²) in [5.74, 6) is 2.46. The third-order valence-electron chi connectivity index (χ3n) is 5.04. The minimum Gasteiger partial charge on any atom is -0.360 e. The van der Waals surface area contributed by atoms with E-state index >= 15 is 0 Å². The molecule has 3 aromatic heterocycles.